The maximum Gasteiger partial charge on any atom is 0.240 e. The van der Waals surface area contributed by atoms with Gasteiger partial charge in [-0.3, -0.25) is 4.79 Å². The highest BCUT2D eigenvalue weighted by Gasteiger charge is 2.24. The summed E-state index contributed by atoms with van der Waals surface area (Å²) in [5.41, 5.74) is 4.62. The normalized spacial score (nSPS) is 14.9. The van der Waals surface area contributed by atoms with E-state index in [9.17, 15) is 4.79 Å². The quantitative estimate of drug-likeness (QED) is 0.474. The zero-order valence-electron chi connectivity index (χ0n) is 12.5. The lowest BCUT2D eigenvalue weighted by Crippen LogP contribution is -2.19. The molecule has 0 aromatic heterocycles. The first-order valence-electron chi connectivity index (χ1n) is 7.28. The van der Waals surface area contributed by atoms with E-state index in [2.05, 4.69) is 10.5 Å². The first kappa shape index (κ1) is 15.8. The Balaban J connectivity index is 1.64. The summed E-state index contributed by atoms with van der Waals surface area (Å²) in [6.07, 6.45) is 3.46. The molecule has 0 unspecified atom stereocenters. The molecule has 4 nitrogen and oxygen atoms in total. The third-order valence-corrected chi connectivity index (χ3v) is 3.70. The third-order valence-electron chi connectivity index (χ3n) is 3.47. The van der Waals surface area contributed by atoms with E-state index in [1.165, 1.54) is 12.8 Å². The number of carbonyl (C=O) groups is 1. The van der Waals surface area contributed by atoms with Gasteiger partial charge in [0, 0.05) is 17.2 Å². The predicted octanol–water partition coefficient (Wildman–Crippen LogP) is 3.71. The van der Waals surface area contributed by atoms with E-state index in [0.717, 1.165) is 17.0 Å². The highest BCUT2D eigenvalue weighted by Crippen LogP contribution is 2.30. The Bertz CT molecular complexity index is 539. The molecular formula is C16H21ClN2O2. The number of amides is 1. The molecule has 1 fully saturated rings. The molecule has 0 bridgehead atoms. The van der Waals surface area contributed by atoms with Crippen LogP contribution in [0.3, 0.4) is 0 Å². The number of carbonyl (C=O) groups excluding carboxylic acids is 1. The minimum absolute atomic E-state index is 0.0635. The average Bonchev–Trinajstić information content (AvgIpc) is 3.27. The number of ether oxygens (including phenoxy) is 1. The molecule has 1 N–H and O–H groups in total. The Morgan fingerprint density at radius 2 is 2.24 bits per heavy atom. The molecule has 21 heavy (non-hydrogen) atoms. The summed E-state index contributed by atoms with van der Waals surface area (Å²) in [6.45, 7) is 4.41. The average molecular weight is 309 g/mol. The van der Waals surface area contributed by atoms with E-state index in [-0.39, 0.29) is 5.91 Å². The topological polar surface area (TPSA) is 50.7 Å². The van der Waals surface area contributed by atoms with Crippen molar-refractivity contribution in [1.29, 1.82) is 0 Å². The van der Waals surface area contributed by atoms with Crippen LogP contribution in [0.4, 0.5) is 0 Å². The first-order chi connectivity index (χ1) is 10.1. The number of hydrazone groups is 1. The van der Waals surface area contributed by atoms with Crippen molar-refractivity contribution in [2.75, 3.05) is 6.61 Å². The van der Waals surface area contributed by atoms with Crippen molar-refractivity contribution in [2.24, 2.45) is 11.0 Å². The van der Waals surface area contributed by atoms with Crippen molar-refractivity contribution in [3.05, 3.63) is 28.8 Å². The van der Waals surface area contributed by atoms with Gasteiger partial charge in [-0.1, -0.05) is 11.6 Å². The van der Waals surface area contributed by atoms with Gasteiger partial charge in [0.2, 0.25) is 5.91 Å². The van der Waals surface area contributed by atoms with Gasteiger partial charge in [-0.05, 0) is 62.8 Å². The van der Waals surface area contributed by atoms with Crippen molar-refractivity contribution in [2.45, 2.75) is 39.5 Å². The molecule has 0 aliphatic heterocycles. The van der Waals surface area contributed by atoms with E-state index in [0.29, 0.717) is 30.4 Å². The number of aryl methyl sites for hydroxylation is 1. The lowest BCUT2D eigenvalue weighted by molar-refractivity contribution is -0.121. The smallest absolute Gasteiger partial charge is 0.240 e. The van der Waals surface area contributed by atoms with Crippen LogP contribution in [0.25, 0.3) is 0 Å². The number of nitrogens with one attached hydrogen (secondary N) is 1. The molecule has 5 heteroatoms. The molecule has 1 aliphatic carbocycles. The van der Waals surface area contributed by atoms with Crippen LogP contribution in [0.5, 0.6) is 5.75 Å². The fourth-order valence-electron chi connectivity index (χ4n) is 1.99. The fourth-order valence-corrected chi connectivity index (χ4v) is 2.22. The minimum Gasteiger partial charge on any atom is -0.493 e. The molecule has 1 aromatic carbocycles. The molecule has 1 amide bonds. The number of nitrogens with zero attached hydrogens (tertiary/aromatic N) is 1. The minimum atomic E-state index is -0.0635. The summed E-state index contributed by atoms with van der Waals surface area (Å²) in [5.74, 6) is 1.33. The molecule has 1 saturated carbocycles. The zero-order chi connectivity index (χ0) is 15.2. The number of rotatable bonds is 7. The zero-order valence-corrected chi connectivity index (χ0v) is 13.2. The second-order valence-corrected chi connectivity index (χ2v) is 5.86. The first-order valence-corrected chi connectivity index (χ1v) is 7.66. The third kappa shape index (κ3) is 5.38. The molecule has 0 saturated heterocycles. The van der Waals surface area contributed by atoms with Crippen LogP contribution in [0.1, 0.15) is 38.2 Å². The van der Waals surface area contributed by atoms with E-state index >= 15 is 0 Å². The van der Waals surface area contributed by atoms with E-state index < -0.39 is 0 Å². The summed E-state index contributed by atoms with van der Waals surface area (Å²) in [6, 6.07) is 5.51. The van der Waals surface area contributed by atoms with Gasteiger partial charge in [0.15, 0.2) is 0 Å². The maximum atomic E-state index is 11.6. The van der Waals surface area contributed by atoms with E-state index in [4.69, 9.17) is 16.3 Å². The molecule has 0 heterocycles. The number of hydrogen-bond donors (Lipinski definition) is 1. The van der Waals surface area contributed by atoms with Crippen LogP contribution in [0.15, 0.2) is 23.3 Å². The highest BCUT2D eigenvalue weighted by molar-refractivity contribution is 6.30. The Morgan fingerprint density at radius 1 is 1.48 bits per heavy atom. The van der Waals surface area contributed by atoms with Crippen molar-refractivity contribution >= 4 is 23.2 Å². The van der Waals surface area contributed by atoms with Crippen LogP contribution >= 0.6 is 11.6 Å². The van der Waals surface area contributed by atoms with Crippen molar-refractivity contribution in [3.63, 3.8) is 0 Å². The van der Waals surface area contributed by atoms with Crippen LogP contribution in [-0.2, 0) is 4.79 Å². The number of benzene rings is 1. The van der Waals surface area contributed by atoms with E-state index in [1.807, 2.05) is 26.0 Å². The molecule has 0 atom stereocenters. The molecule has 114 valence electrons. The van der Waals surface area contributed by atoms with Gasteiger partial charge >= 0.3 is 0 Å². The Hall–Kier alpha value is -1.55. The maximum absolute atomic E-state index is 11.6. The van der Waals surface area contributed by atoms with Crippen LogP contribution < -0.4 is 10.2 Å². The predicted molar refractivity (Wildman–Crippen MR) is 84.9 cm³/mol. The lowest BCUT2D eigenvalue weighted by atomic mass is 10.2. The Labute approximate surface area is 130 Å². The van der Waals surface area contributed by atoms with Crippen molar-refractivity contribution in [3.8, 4) is 5.75 Å². The monoisotopic (exact) mass is 308 g/mol. The number of hydrogen-bond acceptors (Lipinski definition) is 3. The molecule has 0 radical (unpaired) electrons. The molecular weight excluding hydrogens is 288 g/mol. The molecule has 1 aliphatic rings. The standard InChI is InChI=1S/C16H21ClN2O2/c1-11-10-14(17)7-8-15(11)21-9-3-4-16(20)19-18-12(2)13-5-6-13/h7-8,10,13H,3-6,9H2,1-2H3,(H,19,20). The summed E-state index contributed by atoms with van der Waals surface area (Å²) < 4.78 is 5.64. The summed E-state index contributed by atoms with van der Waals surface area (Å²) in [5, 5.41) is 4.81. The van der Waals surface area contributed by atoms with Gasteiger partial charge in [0.05, 0.1) is 6.61 Å². The largest absolute Gasteiger partial charge is 0.493 e. The second-order valence-electron chi connectivity index (χ2n) is 5.42. The van der Waals surface area contributed by atoms with Gasteiger partial charge in [-0.25, -0.2) is 5.43 Å². The van der Waals surface area contributed by atoms with Gasteiger partial charge in [0.1, 0.15) is 5.75 Å². The molecule has 1 aromatic rings. The van der Waals surface area contributed by atoms with E-state index in [1.54, 1.807) is 6.07 Å². The van der Waals surface area contributed by atoms with Gasteiger partial charge in [0.25, 0.3) is 0 Å². The summed E-state index contributed by atoms with van der Waals surface area (Å²) in [4.78, 5) is 11.6. The van der Waals surface area contributed by atoms with Gasteiger partial charge < -0.3 is 4.74 Å². The van der Waals surface area contributed by atoms with Gasteiger partial charge in [-0.2, -0.15) is 5.10 Å². The SMILES string of the molecule is CC(=NNC(=O)CCCOc1ccc(Cl)cc1C)C1CC1. The van der Waals surface area contributed by atoms with Crippen LogP contribution in [0, 0.1) is 12.8 Å². The highest BCUT2D eigenvalue weighted by atomic mass is 35.5. The number of halogens is 1. The summed E-state index contributed by atoms with van der Waals surface area (Å²) >= 11 is 5.89. The van der Waals surface area contributed by atoms with Crippen LogP contribution in [0.2, 0.25) is 5.02 Å². The van der Waals surface area contributed by atoms with Crippen LogP contribution in [-0.4, -0.2) is 18.2 Å². The Kier molecular flexibility index (Phi) is 5.62. The summed E-state index contributed by atoms with van der Waals surface area (Å²) in [7, 11) is 0. The Morgan fingerprint density at radius 3 is 2.90 bits per heavy atom. The second kappa shape index (κ2) is 7.46. The fraction of sp³-hybridized carbons (Fsp3) is 0.500. The van der Waals surface area contributed by atoms with Gasteiger partial charge in [-0.15, -0.1) is 0 Å². The molecule has 0 spiro atoms. The van der Waals surface area contributed by atoms with Crippen molar-refractivity contribution in [1.82, 2.24) is 5.43 Å². The van der Waals surface area contributed by atoms with Crippen molar-refractivity contribution < 1.29 is 9.53 Å². The lowest BCUT2D eigenvalue weighted by Gasteiger charge is -2.09. The molecule has 2 rings (SSSR count).